The number of carbonyl (C=O) groups excluding carboxylic acids is 1. The van der Waals surface area contributed by atoms with Crippen molar-refractivity contribution in [3.63, 3.8) is 0 Å². The highest BCUT2D eigenvalue weighted by Crippen LogP contribution is 2.49. The number of amides is 1. The fraction of sp³-hybridized carbons (Fsp3) is 0.417. The summed E-state index contributed by atoms with van der Waals surface area (Å²) in [5, 5.41) is 1.99. The van der Waals surface area contributed by atoms with E-state index in [4.69, 9.17) is 0 Å². The molecule has 2 rings (SSSR count). The van der Waals surface area contributed by atoms with Gasteiger partial charge >= 0.3 is 0 Å². The Morgan fingerprint density at radius 1 is 1.59 bits per heavy atom. The van der Waals surface area contributed by atoms with E-state index >= 15 is 0 Å². The molecule has 92 valence electrons. The molecule has 1 aliphatic heterocycles. The van der Waals surface area contributed by atoms with Gasteiger partial charge in [0.05, 0.1) is 8.07 Å². The van der Waals surface area contributed by atoms with Crippen LogP contribution >= 0.6 is 0 Å². The normalized spacial score (nSPS) is 28.6. The molecule has 3 atom stereocenters. The minimum Gasteiger partial charge on any atom is -0.435 e. The molecule has 3 unspecified atom stereocenters. The molecule has 1 aromatic rings. The fourth-order valence-electron chi connectivity index (χ4n) is 2.57. The maximum Gasteiger partial charge on any atom is 0.213 e. The van der Waals surface area contributed by atoms with Gasteiger partial charge in [0.25, 0.3) is 0 Å². The molecule has 0 aromatic heterocycles. The molecule has 0 spiro atoms. The number of anilines is 1. The molecule has 1 heterocycles. The largest absolute Gasteiger partial charge is 0.435 e. The molecule has 0 bridgehead atoms. The number of hydrogen-bond donors (Lipinski definition) is 1. The Labute approximate surface area is 105 Å². The first-order chi connectivity index (χ1) is 7.99. The quantitative estimate of drug-likeness (QED) is 0.647. The van der Waals surface area contributed by atoms with Crippen LogP contribution < -0.4 is 10.1 Å². The average Bonchev–Trinajstić information content (AvgIpc) is 3.03. The van der Waals surface area contributed by atoms with Crippen molar-refractivity contribution in [1.29, 1.82) is 0 Å². The van der Waals surface area contributed by atoms with Gasteiger partial charge in [0.1, 0.15) is 0 Å². The van der Waals surface area contributed by atoms with Gasteiger partial charge in [-0.15, -0.1) is 0 Å². The lowest BCUT2D eigenvalue weighted by atomic mass is 10.3. The van der Waals surface area contributed by atoms with Crippen molar-refractivity contribution in [3.05, 3.63) is 24.3 Å². The minimum atomic E-state index is -1.50. The van der Waals surface area contributed by atoms with E-state index in [0.717, 1.165) is 12.1 Å². The van der Waals surface area contributed by atoms with Crippen LogP contribution in [0.2, 0.25) is 24.3 Å². The number of nitrogens with zero attached hydrogens (tertiary/aromatic N) is 1. The molecule has 0 radical (unpaired) electrons. The summed E-state index contributed by atoms with van der Waals surface area (Å²) in [7, 11) is -1.13. The van der Waals surface area contributed by atoms with Crippen molar-refractivity contribution in [2.24, 2.45) is 0 Å². The highest BCUT2D eigenvalue weighted by molar-refractivity contribution is 7.08. The number of hydrogen-bond acceptors (Lipinski definition) is 2. The first kappa shape index (κ1) is 12.5. The third-order valence-corrected chi connectivity index (χ3v) is 13.7. The Balaban J connectivity index is 2.26. The van der Waals surface area contributed by atoms with E-state index < -0.39 is 17.1 Å². The maximum atomic E-state index is 10.8. The van der Waals surface area contributed by atoms with Crippen LogP contribution in [0.1, 0.15) is 0 Å². The van der Waals surface area contributed by atoms with E-state index in [1.54, 1.807) is 11.9 Å². The topological polar surface area (TPSA) is 40.5 Å². The zero-order chi connectivity index (χ0) is 12.6. The van der Waals surface area contributed by atoms with Gasteiger partial charge in [-0.1, -0.05) is 29.9 Å². The molecule has 1 saturated heterocycles. The summed E-state index contributed by atoms with van der Waals surface area (Å²) >= 11 is 0. The van der Waals surface area contributed by atoms with Crippen molar-refractivity contribution in [3.8, 4) is 0 Å². The van der Waals surface area contributed by atoms with Gasteiger partial charge in [0.2, 0.25) is 6.41 Å². The highest BCUT2D eigenvalue weighted by Gasteiger charge is 2.56. The van der Waals surface area contributed by atoms with Crippen molar-refractivity contribution >= 4 is 34.4 Å². The summed E-state index contributed by atoms with van der Waals surface area (Å²) in [6.45, 7) is 4.36. The second kappa shape index (κ2) is 4.40. The molecular weight excluding hydrogens is 246 g/mol. The molecule has 1 fully saturated rings. The van der Waals surface area contributed by atoms with Crippen LogP contribution in [-0.4, -0.2) is 35.4 Å². The lowest BCUT2D eigenvalue weighted by Crippen LogP contribution is -2.34. The number of carbonyl (C=O) groups is 1. The number of benzene rings is 1. The molecule has 1 aromatic carbocycles. The van der Waals surface area contributed by atoms with E-state index in [-0.39, 0.29) is 0 Å². The van der Waals surface area contributed by atoms with Crippen molar-refractivity contribution < 1.29 is 9.59 Å². The van der Waals surface area contributed by atoms with Crippen molar-refractivity contribution in [1.82, 2.24) is 0 Å². The minimum absolute atomic E-state index is 0.610. The van der Waals surface area contributed by atoms with Gasteiger partial charge in [-0.25, -0.2) is 0 Å². The Hall–Kier alpha value is -0.916. The second-order valence-electron chi connectivity index (χ2n) is 5.24. The van der Waals surface area contributed by atoms with E-state index in [1.807, 2.05) is 18.7 Å². The summed E-state index contributed by atoms with van der Waals surface area (Å²) in [5.41, 5.74) is 0.948. The monoisotopic (exact) mass is 265 g/mol. The molecule has 1 N–H and O–H groups in total. The van der Waals surface area contributed by atoms with Gasteiger partial charge in [-0.3, -0.25) is 4.79 Å². The fourth-order valence-corrected chi connectivity index (χ4v) is 13.6. The van der Waals surface area contributed by atoms with Crippen LogP contribution in [0, 0.1) is 0 Å². The maximum absolute atomic E-state index is 10.8. The van der Waals surface area contributed by atoms with Crippen LogP contribution in [0.3, 0.4) is 0 Å². The first-order valence-electron chi connectivity index (χ1n) is 5.96. The summed E-state index contributed by atoms with van der Waals surface area (Å²) in [4.78, 5) is 22.2. The van der Waals surface area contributed by atoms with Crippen LogP contribution in [-0.2, 0) is 4.79 Å². The zero-order valence-electron chi connectivity index (χ0n) is 10.6. The standard InChI is InChI=1S/C12H19NO2Si2/c1-13(9-14)10-5-4-6-11(7-10)17(3)8-12(17)16(2)15/h4-7,9,12,15-16H,8H2,1-3H3. The lowest BCUT2D eigenvalue weighted by molar-refractivity contribution is -0.107. The molecule has 0 saturated carbocycles. The molecule has 1 amide bonds. The summed E-state index contributed by atoms with van der Waals surface area (Å²) in [6.07, 6.45) is 0.830. The Bertz CT molecular complexity index is 438. The zero-order valence-corrected chi connectivity index (χ0v) is 12.7. The van der Waals surface area contributed by atoms with Gasteiger partial charge in [-0.05, 0) is 23.8 Å². The molecule has 17 heavy (non-hydrogen) atoms. The summed E-state index contributed by atoms with van der Waals surface area (Å²) < 4.78 is 0. The van der Waals surface area contributed by atoms with Crippen molar-refractivity contribution in [2.75, 3.05) is 11.9 Å². The van der Waals surface area contributed by atoms with Gasteiger partial charge < -0.3 is 9.70 Å². The number of rotatable bonds is 4. The average molecular weight is 265 g/mol. The second-order valence-corrected chi connectivity index (χ2v) is 12.8. The third-order valence-electron chi connectivity index (χ3n) is 3.96. The Morgan fingerprint density at radius 2 is 2.29 bits per heavy atom. The van der Waals surface area contributed by atoms with E-state index in [0.29, 0.717) is 5.16 Å². The van der Waals surface area contributed by atoms with Crippen LogP contribution in [0.15, 0.2) is 24.3 Å². The molecule has 3 nitrogen and oxygen atoms in total. The Morgan fingerprint density at radius 3 is 2.82 bits per heavy atom. The van der Waals surface area contributed by atoms with Gasteiger partial charge in [0, 0.05) is 12.7 Å². The smallest absolute Gasteiger partial charge is 0.213 e. The van der Waals surface area contributed by atoms with Gasteiger partial charge in [0.15, 0.2) is 9.04 Å². The van der Waals surface area contributed by atoms with E-state index in [1.165, 1.54) is 11.2 Å². The Kier molecular flexibility index (Phi) is 3.24. The lowest BCUT2D eigenvalue weighted by Gasteiger charge is -2.16. The third kappa shape index (κ3) is 2.22. The molecule has 1 aliphatic rings. The van der Waals surface area contributed by atoms with Crippen molar-refractivity contribution in [2.45, 2.75) is 24.3 Å². The van der Waals surface area contributed by atoms with Crippen LogP contribution in [0.5, 0.6) is 0 Å². The van der Waals surface area contributed by atoms with Crippen LogP contribution in [0.4, 0.5) is 5.69 Å². The van der Waals surface area contributed by atoms with Gasteiger partial charge in [-0.2, -0.15) is 0 Å². The highest BCUT2D eigenvalue weighted by atomic mass is 28.4. The predicted molar refractivity (Wildman–Crippen MR) is 75.9 cm³/mol. The SMILES string of the molecule is CN(C=O)c1cccc([Si]2(C)CC2[SiH](C)O)c1. The van der Waals surface area contributed by atoms with Crippen LogP contribution in [0.25, 0.3) is 0 Å². The predicted octanol–water partition coefficient (Wildman–Crippen LogP) is 0.834. The van der Waals surface area contributed by atoms with E-state index in [9.17, 15) is 9.59 Å². The molecule has 5 heteroatoms. The molecular formula is C12H19NO2Si2. The molecule has 0 aliphatic carbocycles. The first-order valence-corrected chi connectivity index (χ1v) is 11.1. The summed E-state index contributed by atoms with van der Waals surface area (Å²) in [5.74, 6) is 0. The van der Waals surface area contributed by atoms with E-state index in [2.05, 4.69) is 18.7 Å². The summed E-state index contributed by atoms with van der Waals surface area (Å²) in [6, 6.07) is 9.46.